The number of hydrogen-bond donors (Lipinski definition) is 2. The van der Waals surface area contributed by atoms with Gasteiger partial charge in [-0.3, -0.25) is 0 Å². The molecule has 2 unspecified atom stereocenters. The number of aliphatic hydroxyl groups is 1. The summed E-state index contributed by atoms with van der Waals surface area (Å²) in [5.74, 6) is 0.884. The average Bonchev–Trinajstić information content (AvgIpc) is 2.31. The van der Waals surface area contributed by atoms with Crippen LogP contribution in [-0.2, 0) is 6.42 Å². The van der Waals surface area contributed by atoms with Gasteiger partial charge in [-0.1, -0.05) is 13.3 Å². The first-order valence-corrected chi connectivity index (χ1v) is 6.45. The van der Waals surface area contributed by atoms with Crippen molar-refractivity contribution in [2.75, 3.05) is 11.9 Å². The van der Waals surface area contributed by atoms with E-state index in [0.717, 1.165) is 29.8 Å². The number of nitrogens with one attached hydrogen (secondary N) is 1. The summed E-state index contributed by atoms with van der Waals surface area (Å²) in [5, 5.41) is 13.5. The molecule has 17 heavy (non-hydrogen) atoms. The lowest BCUT2D eigenvalue weighted by Crippen LogP contribution is -2.39. The Labute approximate surface area is 103 Å². The van der Waals surface area contributed by atoms with Crippen molar-refractivity contribution in [3.63, 3.8) is 0 Å². The Bertz CT molecular complexity index is 378. The summed E-state index contributed by atoms with van der Waals surface area (Å²) in [6.07, 6.45) is 2.52. The molecular formula is C14H21NO2. The number of aliphatic hydroxyl groups excluding tert-OH is 1. The molecule has 0 aromatic heterocycles. The van der Waals surface area contributed by atoms with Crippen LogP contribution in [0.15, 0.2) is 18.2 Å². The van der Waals surface area contributed by atoms with E-state index in [4.69, 9.17) is 4.74 Å². The lowest BCUT2D eigenvalue weighted by Gasteiger charge is -2.31. The van der Waals surface area contributed by atoms with E-state index >= 15 is 0 Å². The molecule has 94 valence electrons. The zero-order valence-electron chi connectivity index (χ0n) is 10.6. The molecule has 1 heterocycles. The second-order valence-electron chi connectivity index (χ2n) is 4.56. The fourth-order valence-electron chi connectivity index (χ4n) is 2.38. The van der Waals surface area contributed by atoms with Crippen molar-refractivity contribution in [3.05, 3.63) is 23.8 Å². The number of fused-ring (bicyclic) bond motifs is 1. The minimum absolute atomic E-state index is 0.186. The molecule has 0 bridgehead atoms. The van der Waals surface area contributed by atoms with Crippen LogP contribution in [0.1, 0.15) is 32.3 Å². The predicted octanol–water partition coefficient (Wildman–Crippen LogP) is 2.58. The van der Waals surface area contributed by atoms with Crippen LogP contribution in [0, 0.1) is 0 Å². The molecule has 2 rings (SSSR count). The molecule has 0 spiro atoms. The summed E-state index contributed by atoms with van der Waals surface area (Å²) in [6.45, 7) is 4.79. The summed E-state index contributed by atoms with van der Waals surface area (Å²) in [6, 6.07) is 6.24. The average molecular weight is 235 g/mol. The number of ether oxygens (including phenoxy) is 1. The maximum atomic E-state index is 10.1. The lowest BCUT2D eigenvalue weighted by atomic mass is 9.93. The second-order valence-corrected chi connectivity index (χ2v) is 4.56. The normalized spacial score (nSPS) is 22.8. The maximum Gasteiger partial charge on any atom is 0.119 e. The first-order chi connectivity index (χ1) is 8.24. The van der Waals surface area contributed by atoms with Crippen molar-refractivity contribution >= 4 is 5.69 Å². The fourth-order valence-corrected chi connectivity index (χ4v) is 2.38. The van der Waals surface area contributed by atoms with Crippen molar-refractivity contribution in [1.29, 1.82) is 0 Å². The Morgan fingerprint density at radius 2 is 2.24 bits per heavy atom. The lowest BCUT2D eigenvalue weighted by molar-refractivity contribution is 0.143. The summed E-state index contributed by atoms with van der Waals surface area (Å²) in [5.41, 5.74) is 2.29. The van der Waals surface area contributed by atoms with Crippen LogP contribution < -0.4 is 10.1 Å². The van der Waals surface area contributed by atoms with Gasteiger partial charge in [-0.2, -0.15) is 0 Å². The van der Waals surface area contributed by atoms with Crippen LogP contribution in [-0.4, -0.2) is 23.9 Å². The molecule has 0 fully saturated rings. The highest BCUT2D eigenvalue weighted by atomic mass is 16.5. The van der Waals surface area contributed by atoms with E-state index in [1.54, 1.807) is 0 Å². The van der Waals surface area contributed by atoms with E-state index in [0.29, 0.717) is 13.0 Å². The van der Waals surface area contributed by atoms with Gasteiger partial charge < -0.3 is 15.2 Å². The first kappa shape index (κ1) is 12.2. The molecule has 1 aliphatic rings. The molecule has 1 aromatic rings. The van der Waals surface area contributed by atoms with Crippen molar-refractivity contribution in [1.82, 2.24) is 0 Å². The second kappa shape index (κ2) is 5.41. The molecule has 1 aliphatic heterocycles. The van der Waals surface area contributed by atoms with Gasteiger partial charge in [0.2, 0.25) is 0 Å². The van der Waals surface area contributed by atoms with Crippen LogP contribution in [0.2, 0.25) is 0 Å². The molecule has 2 N–H and O–H groups in total. The van der Waals surface area contributed by atoms with Gasteiger partial charge in [-0.05, 0) is 37.1 Å². The third kappa shape index (κ3) is 2.72. The zero-order chi connectivity index (χ0) is 12.3. The SMILES string of the molecule is CCCC1Nc2ccc(OCC)cc2CC1O. The third-order valence-corrected chi connectivity index (χ3v) is 3.22. The Morgan fingerprint density at radius 3 is 2.94 bits per heavy atom. The quantitative estimate of drug-likeness (QED) is 0.843. The van der Waals surface area contributed by atoms with E-state index in [1.165, 1.54) is 0 Å². The highest BCUT2D eigenvalue weighted by Gasteiger charge is 2.25. The van der Waals surface area contributed by atoms with E-state index in [1.807, 2.05) is 19.1 Å². The van der Waals surface area contributed by atoms with Crippen LogP contribution in [0.4, 0.5) is 5.69 Å². The highest BCUT2D eigenvalue weighted by molar-refractivity contribution is 5.57. The smallest absolute Gasteiger partial charge is 0.119 e. The van der Waals surface area contributed by atoms with Gasteiger partial charge in [0.25, 0.3) is 0 Å². The van der Waals surface area contributed by atoms with Crippen LogP contribution in [0.3, 0.4) is 0 Å². The van der Waals surface area contributed by atoms with E-state index in [9.17, 15) is 5.11 Å². The molecular weight excluding hydrogens is 214 g/mol. The molecule has 0 saturated carbocycles. The monoisotopic (exact) mass is 235 g/mol. The highest BCUT2D eigenvalue weighted by Crippen LogP contribution is 2.30. The van der Waals surface area contributed by atoms with Gasteiger partial charge in [0.05, 0.1) is 18.8 Å². The summed E-state index contributed by atoms with van der Waals surface area (Å²) in [7, 11) is 0. The van der Waals surface area contributed by atoms with Crippen molar-refractivity contribution in [2.45, 2.75) is 45.3 Å². The number of anilines is 1. The standard InChI is InChI=1S/C14H21NO2/c1-3-5-13-14(16)9-10-8-11(17-4-2)6-7-12(10)15-13/h6-8,13-16H,3-5,9H2,1-2H3. The Kier molecular flexibility index (Phi) is 3.89. The van der Waals surface area contributed by atoms with Gasteiger partial charge >= 0.3 is 0 Å². The first-order valence-electron chi connectivity index (χ1n) is 6.45. The number of rotatable bonds is 4. The van der Waals surface area contributed by atoms with Gasteiger partial charge in [0.15, 0.2) is 0 Å². The van der Waals surface area contributed by atoms with Crippen LogP contribution in [0.5, 0.6) is 5.75 Å². The molecule has 1 aromatic carbocycles. The van der Waals surface area contributed by atoms with Crippen LogP contribution >= 0.6 is 0 Å². The minimum atomic E-state index is -0.292. The summed E-state index contributed by atoms with van der Waals surface area (Å²) in [4.78, 5) is 0. The summed E-state index contributed by atoms with van der Waals surface area (Å²) < 4.78 is 5.47. The van der Waals surface area contributed by atoms with Gasteiger partial charge in [0, 0.05) is 12.1 Å². The van der Waals surface area contributed by atoms with Gasteiger partial charge in [-0.25, -0.2) is 0 Å². The van der Waals surface area contributed by atoms with Gasteiger partial charge in [-0.15, -0.1) is 0 Å². The van der Waals surface area contributed by atoms with Crippen LogP contribution in [0.25, 0.3) is 0 Å². The van der Waals surface area contributed by atoms with E-state index in [-0.39, 0.29) is 12.1 Å². The fraction of sp³-hybridized carbons (Fsp3) is 0.571. The van der Waals surface area contributed by atoms with Crippen molar-refractivity contribution in [2.24, 2.45) is 0 Å². The summed E-state index contributed by atoms with van der Waals surface area (Å²) >= 11 is 0. The molecule has 0 aliphatic carbocycles. The van der Waals surface area contributed by atoms with Crippen molar-refractivity contribution in [3.8, 4) is 5.75 Å². The van der Waals surface area contributed by atoms with Gasteiger partial charge in [0.1, 0.15) is 5.75 Å². The minimum Gasteiger partial charge on any atom is -0.494 e. The Morgan fingerprint density at radius 1 is 1.41 bits per heavy atom. The molecule has 3 nitrogen and oxygen atoms in total. The molecule has 0 amide bonds. The third-order valence-electron chi connectivity index (χ3n) is 3.22. The molecule has 0 radical (unpaired) electrons. The Hall–Kier alpha value is -1.22. The topological polar surface area (TPSA) is 41.5 Å². The largest absolute Gasteiger partial charge is 0.494 e. The zero-order valence-corrected chi connectivity index (χ0v) is 10.6. The molecule has 0 saturated heterocycles. The predicted molar refractivity (Wildman–Crippen MR) is 69.6 cm³/mol. The molecule has 2 atom stereocenters. The molecule has 3 heteroatoms. The van der Waals surface area contributed by atoms with Crippen molar-refractivity contribution < 1.29 is 9.84 Å². The van der Waals surface area contributed by atoms with E-state index < -0.39 is 0 Å². The number of benzene rings is 1. The number of hydrogen-bond acceptors (Lipinski definition) is 3. The maximum absolute atomic E-state index is 10.1. The van der Waals surface area contributed by atoms with E-state index in [2.05, 4.69) is 18.3 Å². The Balaban J connectivity index is 2.16.